The van der Waals surface area contributed by atoms with Gasteiger partial charge in [0, 0.05) is 34.1 Å². The monoisotopic (exact) mass is 823 g/mol. The lowest BCUT2D eigenvalue weighted by Crippen LogP contribution is -2.62. The highest BCUT2D eigenvalue weighted by atomic mass is 15.2. The van der Waals surface area contributed by atoms with Crippen LogP contribution in [0.25, 0.3) is 0 Å². The summed E-state index contributed by atoms with van der Waals surface area (Å²) in [7, 11) is 0. The zero-order valence-corrected chi connectivity index (χ0v) is 42.0. The molecule has 0 saturated heterocycles. The molecule has 0 atom stereocenters. The third-order valence-electron chi connectivity index (χ3n) is 16.0. The van der Waals surface area contributed by atoms with Gasteiger partial charge in [-0.05, 0) is 174 Å². The van der Waals surface area contributed by atoms with Crippen molar-refractivity contribution in [2.24, 2.45) is 0 Å². The molecule has 0 unspecified atom stereocenters. The first kappa shape index (κ1) is 43.0. The predicted octanol–water partition coefficient (Wildman–Crippen LogP) is 14.6. The Labute approximate surface area is 377 Å². The summed E-state index contributed by atoms with van der Waals surface area (Å²) < 4.78 is 0. The van der Waals surface area contributed by atoms with Gasteiger partial charge in [0.25, 0.3) is 6.71 Å². The van der Waals surface area contributed by atoms with E-state index < -0.39 is 0 Å². The topological polar surface area (TPSA) is 6.48 Å². The van der Waals surface area contributed by atoms with E-state index in [-0.39, 0.29) is 44.6 Å². The lowest BCUT2D eigenvalue weighted by atomic mass is 9.32. The zero-order valence-electron chi connectivity index (χ0n) is 42.0. The molecule has 0 spiro atoms. The lowest BCUT2D eigenvalue weighted by molar-refractivity contribution is 0.332. The second kappa shape index (κ2) is 13.2. The van der Waals surface area contributed by atoms with Gasteiger partial charge in [-0.15, -0.1) is 0 Å². The zero-order chi connectivity index (χ0) is 45.2. The second-order valence-corrected chi connectivity index (χ2v) is 25.9. The molecule has 4 aliphatic rings. The molecule has 0 aromatic heterocycles. The number of nitrogens with zero attached hydrogens (tertiary/aromatic N) is 2. The van der Waals surface area contributed by atoms with Crippen molar-refractivity contribution in [1.29, 1.82) is 0 Å². The van der Waals surface area contributed by atoms with E-state index in [0.29, 0.717) is 0 Å². The third-order valence-corrected chi connectivity index (χ3v) is 16.0. The quantitative estimate of drug-likeness (QED) is 0.160. The van der Waals surface area contributed by atoms with Crippen molar-refractivity contribution in [3.63, 3.8) is 0 Å². The minimum absolute atomic E-state index is 0.00313. The van der Waals surface area contributed by atoms with Crippen molar-refractivity contribution in [2.45, 2.75) is 189 Å². The predicted molar refractivity (Wildman–Crippen MR) is 272 cm³/mol. The second-order valence-electron chi connectivity index (χ2n) is 25.9. The van der Waals surface area contributed by atoms with Crippen LogP contribution in [-0.4, -0.2) is 6.71 Å². The molecule has 2 aliphatic heterocycles. The summed E-state index contributed by atoms with van der Waals surface area (Å²) in [6.45, 7) is 45.9. The Morgan fingerprint density at radius 3 is 1.35 bits per heavy atom. The van der Waals surface area contributed by atoms with Crippen molar-refractivity contribution in [1.82, 2.24) is 0 Å². The molecule has 62 heavy (non-hydrogen) atoms. The van der Waals surface area contributed by atoms with Crippen molar-refractivity contribution >= 4 is 57.2 Å². The van der Waals surface area contributed by atoms with Gasteiger partial charge in [-0.1, -0.05) is 154 Å². The van der Waals surface area contributed by atoms with Crippen LogP contribution in [0.4, 0.5) is 34.1 Å². The van der Waals surface area contributed by atoms with Crippen molar-refractivity contribution in [3.8, 4) is 0 Å². The highest BCUT2D eigenvalue weighted by molar-refractivity contribution is 7.00. The maximum atomic E-state index is 2.75. The van der Waals surface area contributed by atoms with Crippen LogP contribution in [0.1, 0.15) is 187 Å². The SMILES string of the molecule is Cc1cc(C(C)(C)C)ccc1N1c2ccc(C(C)(C)C)cc2B2c3cc4c(cc3N(c3cc5c(cc3C)C(C)(C)CC5(C)C)c3cc(C(C)(C)C)cc1c32)C(C)(C)CCC4(C)C. The van der Waals surface area contributed by atoms with Gasteiger partial charge in [-0.3, -0.25) is 0 Å². The first-order valence-electron chi connectivity index (χ1n) is 23.8. The summed E-state index contributed by atoms with van der Waals surface area (Å²) in [4.78, 5) is 5.41. The van der Waals surface area contributed by atoms with E-state index in [9.17, 15) is 0 Å². The molecule has 0 bridgehead atoms. The number of fused-ring (bicyclic) bond motifs is 6. The number of rotatable bonds is 2. The highest BCUT2D eigenvalue weighted by Crippen LogP contribution is 2.55. The molecule has 3 heteroatoms. The van der Waals surface area contributed by atoms with Gasteiger partial charge in [-0.25, -0.2) is 0 Å². The minimum atomic E-state index is -0.0823. The molecule has 2 heterocycles. The van der Waals surface area contributed by atoms with Gasteiger partial charge in [0.1, 0.15) is 0 Å². The normalized spacial score (nSPS) is 19.1. The van der Waals surface area contributed by atoms with Crippen LogP contribution in [0.5, 0.6) is 0 Å². The van der Waals surface area contributed by atoms with E-state index >= 15 is 0 Å². The lowest BCUT2D eigenvalue weighted by Gasteiger charge is -2.48. The molecule has 0 N–H and O–H groups in total. The number of anilines is 6. The van der Waals surface area contributed by atoms with E-state index in [4.69, 9.17) is 0 Å². The van der Waals surface area contributed by atoms with Crippen LogP contribution in [0.15, 0.2) is 72.8 Å². The Morgan fingerprint density at radius 1 is 0.403 bits per heavy atom. The van der Waals surface area contributed by atoms with E-state index in [1.54, 1.807) is 0 Å². The van der Waals surface area contributed by atoms with Crippen LogP contribution in [0, 0.1) is 13.8 Å². The smallest absolute Gasteiger partial charge is 0.252 e. The van der Waals surface area contributed by atoms with Crippen LogP contribution in [0.2, 0.25) is 0 Å². The van der Waals surface area contributed by atoms with Gasteiger partial charge < -0.3 is 9.80 Å². The van der Waals surface area contributed by atoms with Crippen molar-refractivity contribution in [2.75, 3.05) is 9.80 Å². The number of hydrogen-bond donors (Lipinski definition) is 0. The Hall–Kier alpha value is -4.24. The van der Waals surface area contributed by atoms with E-state index in [0.717, 1.165) is 6.42 Å². The van der Waals surface area contributed by atoms with E-state index in [2.05, 4.69) is 214 Å². The maximum absolute atomic E-state index is 2.75. The number of benzene rings is 5. The average molecular weight is 823 g/mol. The summed E-state index contributed by atoms with van der Waals surface area (Å²) in [6.07, 6.45) is 3.53. The van der Waals surface area contributed by atoms with E-state index in [1.165, 1.54) is 113 Å². The van der Waals surface area contributed by atoms with Gasteiger partial charge >= 0.3 is 0 Å². The molecule has 2 nitrogen and oxygen atoms in total. The summed E-state index contributed by atoms with van der Waals surface area (Å²) in [5.41, 5.74) is 25.3. The van der Waals surface area contributed by atoms with Crippen molar-refractivity contribution in [3.05, 3.63) is 123 Å². The Bertz CT molecular complexity index is 2700. The van der Waals surface area contributed by atoms with Gasteiger partial charge in [0.15, 0.2) is 0 Å². The fourth-order valence-electron chi connectivity index (χ4n) is 12.2. The number of hydrogen-bond acceptors (Lipinski definition) is 2. The van der Waals surface area contributed by atoms with Crippen LogP contribution < -0.4 is 26.2 Å². The van der Waals surface area contributed by atoms with Crippen molar-refractivity contribution < 1.29 is 0 Å². The summed E-state index contributed by atoms with van der Waals surface area (Å²) in [5, 5.41) is 0. The van der Waals surface area contributed by atoms with Gasteiger partial charge in [0.2, 0.25) is 0 Å². The highest BCUT2D eigenvalue weighted by Gasteiger charge is 2.49. The fourth-order valence-corrected chi connectivity index (χ4v) is 12.2. The van der Waals surface area contributed by atoms with E-state index in [1.807, 2.05) is 0 Å². The molecule has 0 fully saturated rings. The molecule has 2 aliphatic carbocycles. The molecular weight excluding hydrogens is 747 g/mol. The first-order chi connectivity index (χ1) is 28.4. The largest absolute Gasteiger partial charge is 0.311 e. The Kier molecular flexibility index (Phi) is 9.14. The average Bonchev–Trinajstić information content (AvgIpc) is 3.33. The molecule has 0 amide bonds. The Balaban J connectivity index is 1.46. The molecule has 5 aromatic rings. The molecular formula is C59H75BN2. The summed E-state index contributed by atoms with van der Waals surface area (Å²) in [6, 6.07) is 30.4. The maximum Gasteiger partial charge on any atom is 0.252 e. The molecule has 324 valence electrons. The molecule has 5 aromatic carbocycles. The van der Waals surface area contributed by atoms with Crippen LogP contribution in [-0.2, 0) is 37.9 Å². The third kappa shape index (κ3) is 6.47. The van der Waals surface area contributed by atoms with Gasteiger partial charge in [0.05, 0.1) is 0 Å². The summed E-state index contributed by atoms with van der Waals surface area (Å²) >= 11 is 0. The summed E-state index contributed by atoms with van der Waals surface area (Å²) in [5.74, 6) is 0. The van der Waals surface area contributed by atoms with Gasteiger partial charge in [-0.2, -0.15) is 0 Å². The molecule has 0 saturated carbocycles. The fraction of sp³-hybridized carbons (Fsp3) is 0.492. The first-order valence-corrected chi connectivity index (χ1v) is 23.8. The van der Waals surface area contributed by atoms with Crippen LogP contribution in [0.3, 0.4) is 0 Å². The number of aryl methyl sites for hydroxylation is 2. The molecule has 0 radical (unpaired) electrons. The molecule has 9 rings (SSSR count). The minimum Gasteiger partial charge on any atom is -0.311 e. The standard InChI is InChI=1S/C59H75BN2/c1-35-26-37(53(3,4)5)20-22-46(35)61-47-23-21-38(54(6,7)8)28-44(47)60-45-31-41-42(57(14,15)25-24-56(41,12)13)33-49(45)62(51-30-39(55(9,10)11)29-50(61)52(51)60)48-32-43-40(27-36(48)2)58(16,17)34-59(43,18)19/h20-23,26-33H,24-25,34H2,1-19H3. The van der Waals surface area contributed by atoms with Crippen LogP contribution >= 0.6 is 0 Å². The Morgan fingerprint density at radius 2 is 0.823 bits per heavy atom.